The molecule has 2 heterocycles. The van der Waals surface area contributed by atoms with Gasteiger partial charge in [0.2, 0.25) is 0 Å². The van der Waals surface area contributed by atoms with Gasteiger partial charge in [0, 0.05) is 29.8 Å². The molecule has 1 saturated heterocycles. The molecule has 1 aromatic rings. The third kappa shape index (κ3) is 3.06. The van der Waals surface area contributed by atoms with Crippen molar-refractivity contribution in [1.29, 1.82) is 0 Å². The Bertz CT molecular complexity index is 411. The first kappa shape index (κ1) is 14.3. The maximum absolute atomic E-state index is 5.93. The quantitative estimate of drug-likeness (QED) is 0.876. The number of aromatic nitrogens is 1. The number of piperidine rings is 1. The van der Waals surface area contributed by atoms with Crippen LogP contribution >= 0.6 is 31.9 Å². The van der Waals surface area contributed by atoms with Gasteiger partial charge in [-0.2, -0.15) is 0 Å². The topological polar surface area (TPSA) is 42.2 Å². The standard InChI is InChI=1S/C13H19Br2N3/c1-2-9-3-4-18(11(5-9)7-16)13-12(15)6-10(14)8-17-13/h6,8-9,11H,2-5,7,16H2,1H3. The van der Waals surface area contributed by atoms with Gasteiger partial charge in [0.1, 0.15) is 5.82 Å². The summed E-state index contributed by atoms with van der Waals surface area (Å²) in [5.41, 5.74) is 5.93. The van der Waals surface area contributed by atoms with E-state index in [4.69, 9.17) is 5.73 Å². The van der Waals surface area contributed by atoms with Crippen LogP contribution in [-0.4, -0.2) is 24.1 Å². The van der Waals surface area contributed by atoms with E-state index >= 15 is 0 Å². The van der Waals surface area contributed by atoms with Crippen LogP contribution in [0, 0.1) is 5.92 Å². The molecule has 0 amide bonds. The fourth-order valence-electron chi connectivity index (χ4n) is 2.63. The number of anilines is 1. The number of halogens is 2. The van der Waals surface area contributed by atoms with Gasteiger partial charge >= 0.3 is 0 Å². The molecule has 2 unspecified atom stereocenters. The van der Waals surface area contributed by atoms with Crippen molar-refractivity contribution < 1.29 is 0 Å². The first-order chi connectivity index (χ1) is 8.65. The van der Waals surface area contributed by atoms with Crippen molar-refractivity contribution in [1.82, 2.24) is 4.98 Å². The zero-order valence-corrected chi connectivity index (χ0v) is 13.7. The first-order valence-corrected chi connectivity index (χ1v) is 8.02. The van der Waals surface area contributed by atoms with Crippen LogP contribution in [-0.2, 0) is 0 Å². The lowest BCUT2D eigenvalue weighted by Crippen LogP contribution is -2.47. The molecular formula is C13H19Br2N3. The van der Waals surface area contributed by atoms with Gasteiger partial charge in [-0.1, -0.05) is 13.3 Å². The Morgan fingerprint density at radius 3 is 2.89 bits per heavy atom. The maximum atomic E-state index is 5.93. The lowest BCUT2D eigenvalue weighted by atomic mass is 9.89. The second kappa shape index (κ2) is 6.35. The Labute approximate surface area is 125 Å². The second-order valence-corrected chi connectivity index (χ2v) is 6.61. The van der Waals surface area contributed by atoms with Crippen LogP contribution in [0.25, 0.3) is 0 Å². The number of hydrogen-bond acceptors (Lipinski definition) is 3. The molecule has 0 radical (unpaired) electrons. The molecule has 2 atom stereocenters. The van der Waals surface area contributed by atoms with Gasteiger partial charge in [0.25, 0.3) is 0 Å². The van der Waals surface area contributed by atoms with Crippen molar-refractivity contribution in [3.8, 4) is 0 Å². The molecule has 3 nitrogen and oxygen atoms in total. The van der Waals surface area contributed by atoms with E-state index in [0.29, 0.717) is 12.6 Å². The van der Waals surface area contributed by atoms with Crippen LogP contribution in [0.1, 0.15) is 26.2 Å². The van der Waals surface area contributed by atoms with E-state index in [2.05, 4.69) is 48.7 Å². The summed E-state index contributed by atoms with van der Waals surface area (Å²) in [7, 11) is 0. The number of hydrogen-bond donors (Lipinski definition) is 1. The van der Waals surface area contributed by atoms with Gasteiger partial charge < -0.3 is 10.6 Å². The van der Waals surface area contributed by atoms with Crippen LogP contribution in [0.5, 0.6) is 0 Å². The van der Waals surface area contributed by atoms with Crippen molar-refractivity contribution in [2.24, 2.45) is 11.7 Å². The lowest BCUT2D eigenvalue weighted by molar-refractivity contribution is 0.334. The van der Waals surface area contributed by atoms with Gasteiger partial charge in [0.15, 0.2) is 0 Å². The van der Waals surface area contributed by atoms with Gasteiger partial charge in [-0.3, -0.25) is 0 Å². The maximum Gasteiger partial charge on any atom is 0.143 e. The number of nitrogens with two attached hydrogens (primary N) is 1. The van der Waals surface area contributed by atoms with Crippen molar-refractivity contribution >= 4 is 37.7 Å². The van der Waals surface area contributed by atoms with Crippen LogP contribution in [0.15, 0.2) is 21.2 Å². The van der Waals surface area contributed by atoms with Gasteiger partial charge in [-0.25, -0.2) is 4.98 Å². The predicted molar refractivity (Wildman–Crippen MR) is 82.8 cm³/mol. The van der Waals surface area contributed by atoms with Crippen LogP contribution in [0.4, 0.5) is 5.82 Å². The highest BCUT2D eigenvalue weighted by molar-refractivity contribution is 9.11. The summed E-state index contributed by atoms with van der Waals surface area (Å²) in [6.45, 7) is 4.01. The summed E-state index contributed by atoms with van der Waals surface area (Å²) in [6, 6.07) is 2.45. The minimum absolute atomic E-state index is 0.411. The highest BCUT2D eigenvalue weighted by Crippen LogP contribution is 2.33. The Hall–Kier alpha value is -0.130. The summed E-state index contributed by atoms with van der Waals surface area (Å²) in [6.07, 6.45) is 5.51. The molecule has 18 heavy (non-hydrogen) atoms. The summed E-state index contributed by atoms with van der Waals surface area (Å²) in [5, 5.41) is 0. The molecule has 1 aliphatic rings. The van der Waals surface area contributed by atoms with E-state index in [9.17, 15) is 0 Å². The van der Waals surface area contributed by atoms with E-state index in [0.717, 1.165) is 27.2 Å². The van der Waals surface area contributed by atoms with Crippen LogP contribution in [0.2, 0.25) is 0 Å². The molecule has 5 heteroatoms. The fraction of sp³-hybridized carbons (Fsp3) is 0.615. The zero-order valence-electron chi connectivity index (χ0n) is 10.6. The van der Waals surface area contributed by atoms with E-state index in [-0.39, 0.29) is 0 Å². The molecule has 1 fully saturated rings. The van der Waals surface area contributed by atoms with Crippen LogP contribution in [0.3, 0.4) is 0 Å². The highest BCUT2D eigenvalue weighted by atomic mass is 79.9. The van der Waals surface area contributed by atoms with Crippen LogP contribution < -0.4 is 10.6 Å². The molecule has 2 rings (SSSR count). The Kier molecular flexibility index (Phi) is 5.04. The molecule has 1 aliphatic heterocycles. The molecule has 100 valence electrons. The zero-order chi connectivity index (χ0) is 13.1. The lowest BCUT2D eigenvalue weighted by Gasteiger charge is -2.40. The van der Waals surface area contributed by atoms with Crippen molar-refractivity contribution in [2.75, 3.05) is 18.0 Å². The first-order valence-electron chi connectivity index (χ1n) is 6.43. The van der Waals surface area contributed by atoms with E-state index < -0.39 is 0 Å². The molecule has 0 aliphatic carbocycles. The highest BCUT2D eigenvalue weighted by Gasteiger charge is 2.28. The monoisotopic (exact) mass is 375 g/mol. The van der Waals surface area contributed by atoms with Crippen molar-refractivity contribution in [3.63, 3.8) is 0 Å². The largest absolute Gasteiger partial charge is 0.351 e. The van der Waals surface area contributed by atoms with E-state index in [1.807, 2.05) is 12.3 Å². The van der Waals surface area contributed by atoms with E-state index in [1.165, 1.54) is 19.3 Å². The van der Waals surface area contributed by atoms with Gasteiger partial charge in [-0.15, -0.1) is 0 Å². The minimum atomic E-state index is 0.411. The van der Waals surface area contributed by atoms with Crippen molar-refractivity contribution in [3.05, 3.63) is 21.2 Å². The molecular weight excluding hydrogens is 358 g/mol. The number of rotatable bonds is 3. The second-order valence-electron chi connectivity index (χ2n) is 4.84. The predicted octanol–water partition coefficient (Wildman–Crippen LogP) is 3.56. The average Bonchev–Trinajstić information content (AvgIpc) is 2.38. The Morgan fingerprint density at radius 1 is 1.50 bits per heavy atom. The number of nitrogens with zero attached hydrogens (tertiary/aromatic N) is 2. The summed E-state index contributed by atoms with van der Waals surface area (Å²) >= 11 is 7.03. The Morgan fingerprint density at radius 2 is 2.28 bits per heavy atom. The summed E-state index contributed by atoms with van der Waals surface area (Å²) < 4.78 is 2.02. The molecule has 0 spiro atoms. The molecule has 1 aromatic heterocycles. The van der Waals surface area contributed by atoms with E-state index in [1.54, 1.807) is 0 Å². The third-order valence-corrected chi connectivity index (χ3v) is 4.75. The molecule has 0 saturated carbocycles. The number of pyridine rings is 1. The Balaban J connectivity index is 2.21. The normalized spacial score (nSPS) is 24.3. The third-order valence-electron chi connectivity index (χ3n) is 3.73. The fourth-order valence-corrected chi connectivity index (χ4v) is 3.84. The van der Waals surface area contributed by atoms with Crippen molar-refractivity contribution in [2.45, 2.75) is 32.2 Å². The van der Waals surface area contributed by atoms with Gasteiger partial charge in [-0.05, 0) is 56.7 Å². The minimum Gasteiger partial charge on any atom is -0.351 e. The SMILES string of the molecule is CCC1CCN(c2ncc(Br)cc2Br)C(CN)C1. The molecule has 0 aromatic carbocycles. The molecule has 2 N–H and O–H groups in total. The van der Waals surface area contributed by atoms with Gasteiger partial charge in [0.05, 0.1) is 4.47 Å². The molecule has 0 bridgehead atoms. The average molecular weight is 377 g/mol. The summed E-state index contributed by atoms with van der Waals surface area (Å²) in [5.74, 6) is 1.83. The smallest absolute Gasteiger partial charge is 0.143 e. The summed E-state index contributed by atoms with van der Waals surface area (Å²) in [4.78, 5) is 6.88.